The van der Waals surface area contributed by atoms with Gasteiger partial charge in [-0.15, -0.1) is 11.3 Å². The highest BCUT2D eigenvalue weighted by Crippen LogP contribution is 2.30. The molecule has 0 saturated heterocycles. The van der Waals surface area contributed by atoms with E-state index in [9.17, 15) is 24.5 Å². The van der Waals surface area contributed by atoms with Crippen LogP contribution in [0, 0.1) is 0 Å². The number of aromatic nitrogens is 1. The number of benzene rings is 1. The van der Waals surface area contributed by atoms with Crippen molar-refractivity contribution in [1.29, 1.82) is 0 Å². The highest BCUT2D eigenvalue weighted by molar-refractivity contribution is 7.13. The summed E-state index contributed by atoms with van der Waals surface area (Å²) < 4.78 is 5.33. The minimum absolute atomic E-state index is 0.0211. The number of anilines is 1. The number of carbonyl (C=O) groups is 3. The van der Waals surface area contributed by atoms with Gasteiger partial charge in [0, 0.05) is 5.38 Å². The van der Waals surface area contributed by atoms with Gasteiger partial charge in [-0.05, 0) is 25.0 Å². The van der Waals surface area contributed by atoms with Crippen LogP contribution in [-0.4, -0.2) is 62.9 Å². The zero-order valence-electron chi connectivity index (χ0n) is 16.0. The molecule has 1 aliphatic rings. The fourth-order valence-corrected chi connectivity index (χ4v) is 3.28. The van der Waals surface area contributed by atoms with Crippen molar-refractivity contribution < 1.29 is 39.1 Å². The molecule has 0 radical (unpaired) electrons. The van der Waals surface area contributed by atoms with Crippen molar-refractivity contribution in [3.63, 3.8) is 0 Å². The zero-order valence-corrected chi connectivity index (χ0v) is 16.8. The van der Waals surface area contributed by atoms with Gasteiger partial charge < -0.3 is 35.8 Å². The Hall–Kier alpha value is -3.65. The maximum absolute atomic E-state index is 12.8. The van der Waals surface area contributed by atoms with Crippen molar-refractivity contribution in [3.05, 3.63) is 40.4 Å². The zero-order chi connectivity index (χ0) is 22.7. The van der Waals surface area contributed by atoms with Crippen LogP contribution in [0.1, 0.15) is 28.5 Å². The molecule has 6 N–H and O–H groups in total. The number of rotatable bonds is 7. The first kappa shape index (κ1) is 22.0. The molecule has 14 heteroatoms. The predicted octanol–water partition coefficient (Wildman–Crippen LogP) is -0.243. The van der Waals surface area contributed by atoms with Crippen molar-refractivity contribution in [2.45, 2.75) is 25.4 Å². The second-order valence-corrected chi connectivity index (χ2v) is 7.38. The molecule has 2 atom stereocenters. The van der Waals surface area contributed by atoms with Crippen LogP contribution in [0.15, 0.2) is 28.7 Å². The lowest BCUT2D eigenvalue weighted by Crippen LogP contribution is -2.54. The molecule has 31 heavy (non-hydrogen) atoms. The smallest absolute Gasteiger partial charge is 0.534 e. The number of carbonyl (C=O) groups excluding carboxylic acids is 1. The number of aliphatic carboxylic acids is 1. The molecule has 0 aliphatic carbocycles. The van der Waals surface area contributed by atoms with Gasteiger partial charge in [0.15, 0.2) is 10.8 Å². The monoisotopic (exact) mass is 448 g/mol. The van der Waals surface area contributed by atoms with E-state index in [4.69, 9.17) is 20.3 Å². The van der Waals surface area contributed by atoms with Gasteiger partial charge in [0.2, 0.25) is 6.10 Å². The Morgan fingerprint density at radius 1 is 1.42 bits per heavy atom. The van der Waals surface area contributed by atoms with Crippen molar-refractivity contribution >= 4 is 47.1 Å². The number of hydrogen-bond acceptors (Lipinski definition) is 10. The Morgan fingerprint density at radius 2 is 2.16 bits per heavy atom. The first-order valence-electron chi connectivity index (χ1n) is 8.86. The van der Waals surface area contributed by atoms with Gasteiger partial charge in [0.1, 0.15) is 11.4 Å². The maximum Gasteiger partial charge on any atom is 0.547 e. The largest absolute Gasteiger partial charge is 0.547 e. The number of fused-ring (bicyclic) bond motifs is 1. The summed E-state index contributed by atoms with van der Waals surface area (Å²) in [5.74, 6) is -4.27. The number of hydrogen-bond donors (Lipinski definition) is 5. The van der Waals surface area contributed by atoms with Crippen molar-refractivity contribution in [2.24, 2.45) is 5.16 Å². The van der Waals surface area contributed by atoms with E-state index in [1.54, 1.807) is 6.07 Å². The number of carboxylic acid groups (broad SMARTS) is 2. The van der Waals surface area contributed by atoms with Crippen LogP contribution in [0.5, 0.6) is 5.75 Å². The van der Waals surface area contributed by atoms with E-state index in [-0.39, 0.29) is 34.3 Å². The second kappa shape index (κ2) is 9.01. The van der Waals surface area contributed by atoms with Gasteiger partial charge in [-0.3, -0.25) is 4.79 Å². The quantitative estimate of drug-likeness (QED) is 0.214. The molecule has 0 bridgehead atoms. The number of para-hydroxylation sites is 1. The van der Waals surface area contributed by atoms with E-state index in [1.165, 1.54) is 24.4 Å². The Kier molecular flexibility index (Phi) is 6.41. The van der Waals surface area contributed by atoms with Crippen LogP contribution in [0.25, 0.3) is 0 Å². The minimum atomic E-state index is -1.54. The summed E-state index contributed by atoms with van der Waals surface area (Å²) in [6, 6.07) is 4.47. The van der Waals surface area contributed by atoms with E-state index in [1.807, 2.05) is 0 Å². The van der Waals surface area contributed by atoms with Gasteiger partial charge in [0.25, 0.3) is 5.91 Å². The molecule has 1 aromatic heterocycles. The van der Waals surface area contributed by atoms with E-state index in [0.717, 1.165) is 11.3 Å². The van der Waals surface area contributed by atoms with Crippen LogP contribution in [-0.2, 0) is 20.8 Å². The van der Waals surface area contributed by atoms with Gasteiger partial charge >= 0.3 is 19.1 Å². The van der Waals surface area contributed by atoms with E-state index in [2.05, 4.69) is 15.5 Å². The topological polar surface area (TPSA) is 194 Å². The van der Waals surface area contributed by atoms with Gasteiger partial charge in [0.05, 0.1) is 11.5 Å². The van der Waals surface area contributed by atoms with Crippen molar-refractivity contribution in [2.75, 3.05) is 5.73 Å². The van der Waals surface area contributed by atoms with Gasteiger partial charge in [-0.25, -0.2) is 14.6 Å². The van der Waals surface area contributed by atoms with E-state index >= 15 is 0 Å². The molecule has 0 fully saturated rings. The summed E-state index contributed by atoms with van der Waals surface area (Å²) in [4.78, 5) is 43.9. The summed E-state index contributed by atoms with van der Waals surface area (Å²) in [5.41, 5.74) is 5.66. The molecule has 1 amide bonds. The summed E-state index contributed by atoms with van der Waals surface area (Å²) >= 11 is 1.04. The van der Waals surface area contributed by atoms with Crippen LogP contribution < -0.4 is 15.7 Å². The lowest BCUT2D eigenvalue weighted by molar-refractivity contribution is -0.149. The SMILES string of the molecule is CC(O/N=C(\C(=O)NC1Cc2cccc(C(=O)O)c2OB1O)c1csc(N)n1)C(=O)O. The fourth-order valence-electron chi connectivity index (χ4n) is 2.73. The van der Waals surface area contributed by atoms with Crippen LogP contribution in [0.2, 0.25) is 0 Å². The normalized spacial score (nSPS) is 16.6. The number of carboxylic acids is 2. The predicted molar refractivity (Wildman–Crippen MR) is 109 cm³/mol. The third-order valence-electron chi connectivity index (χ3n) is 4.30. The third-order valence-corrected chi connectivity index (χ3v) is 4.97. The van der Waals surface area contributed by atoms with Crippen molar-refractivity contribution in [1.82, 2.24) is 10.3 Å². The molecule has 3 rings (SSSR count). The molecule has 12 nitrogen and oxygen atoms in total. The summed E-state index contributed by atoms with van der Waals surface area (Å²) in [6.07, 6.45) is -1.26. The van der Waals surface area contributed by atoms with E-state index < -0.39 is 37.0 Å². The summed E-state index contributed by atoms with van der Waals surface area (Å²) in [7, 11) is -1.54. The second-order valence-electron chi connectivity index (χ2n) is 6.49. The van der Waals surface area contributed by atoms with Crippen LogP contribution >= 0.6 is 11.3 Å². The lowest BCUT2D eigenvalue weighted by Gasteiger charge is -2.28. The average molecular weight is 448 g/mol. The molecule has 0 saturated carbocycles. The van der Waals surface area contributed by atoms with E-state index in [0.29, 0.717) is 5.56 Å². The molecule has 162 valence electrons. The number of nitrogens with one attached hydrogen (secondary N) is 1. The molecule has 0 spiro atoms. The van der Waals surface area contributed by atoms with Gasteiger partial charge in [-0.1, -0.05) is 17.3 Å². The standard InChI is InChI=1S/C17H17BN4O8S/c1-7(15(24)25)30-22-12(10-6-31-17(19)20-10)14(23)21-11-5-8-3-2-4-9(16(26)27)13(8)29-18(11)28/h2-4,6-7,11,28H,5H2,1H3,(H2,19,20)(H,21,23)(H,24,25)(H,26,27)/b22-12-. The highest BCUT2D eigenvalue weighted by atomic mass is 32.1. The summed E-state index contributed by atoms with van der Waals surface area (Å²) in [5, 5.41) is 36.2. The Balaban J connectivity index is 1.83. The van der Waals surface area contributed by atoms with Crippen LogP contribution in [0.3, 0.4) is 0 Å². The molecular formula is C17H17BN4O8S. The fraction of sp³-hybridized carbons (Fsp3) is 0.235. The number of thiazole rings is 1. The van der Waals surface area contributed by atoms with Crippen LogP contribution in [0.4, 0.5) is 5.13 Å². The molecule has 1 aromatic carbocycles. The lowest BCUT2D eigenvalue weighted by atomic mass is 9.72. The third kappa shape index (κ3) is 4.92. The molecule has 2 aromatic rings. The number of oxime groups is 1. The highest BCUT2D eigenvalue weighted by Gasteiger charge is 2.38. The molecule has 2 unspecified atom stereocenters. The number of nitrogen functional groups attached to an aromatic ring is 1. The molecular weight excluding hydrogens is 431 g/mol. The average Bonchev–Trinajstić information content (AvgIpc) is 3.13. The summed E-state index contributed by atoms with van der Waals surface area (Å²) in [6.45, 7) is 1.23. The Morgan fingerprint density at radius 3 is 2.77 bits per heavy atom. The number of nitrogens with zero attached hydrogens (tertiary/aromatic N) is 2. The van der Waals surface area contributed by atoms with Crippen molar-refractivity contribution in [3.8, 4) is 5.75 Å². The minimum Gasteiger partial charge on any atom is -0.534 e. The maximum atomic E-state index is 12.8. The number of amides is 1. The molecule has 1 aliphatic heterocycles. The molecule has 2 heterocycles. The Labute approximate surface area is 179 Å². The Bertz CT molecular complexity index is 1060. The first-order chi connectivity index (χ1) is 14.7. The number of nitrogens with two attached hydrogens (primary N) is 1. The number of aromatic carboxylic acids is 1. The first-order valence-corrected chi connectivity index (χ1v) is 9.74. The van der Waals surface area contributed by atoms with Gasteiger partial charge in [-0.2, -0.15) is 0 Å².